The van der Waals surface area contributed by atoms with Crippen LogP contribution in [0.25, 0.3) is 0 Å². The molecule has 8 heteroatoms. The van der Waals surface area contributed by atoms with E-state index < -0.39 is 20.2 Å². The van der Waals surface area contributed by atoms with Crippen LogP contribution in [0.5, 0.6) is 0 Å². The second kappa shape index (κ2) is 6.15. The van der Waals surface area contributed by atoms with Gasteiger partial charge < -0.3 is 9.79 Å². The van der Waals surface area contributed by atoms with Crippen LogP contribution in [0, 0.1) is 0 Å². The Kier molecular flexibility index (Phi) is 5.10. The predicted molar refractivity (Wildman–Crippen MR) is 60.4 cm³/mol. The van der Waals surface area contributed by atoms with Crippen molar-refractivity contribution in [1.82, 2.24) is 5.32 Å². The Morgan fingerprint density at radius 3 is 2.22 bits per heavy atom. The number of benzene rings is 1. The molecule has 99 valence electrons. The summed E-state index contributed by atoms with van der Waals surface area (Å²) in [5.41, 5.74) is 0.494. The molecule has 0 heterocycles. The van der Waals surface area contributed by atoms with Crippen molar-refractivity contribution < 1.29 is 27.9 Å². The topological polar surface area (TPSA) is 86.6 Å². The van der Waals surface area contributed by atoms with E-state index in [0.717, 1.165) is 0 Å². The maximum absolute atomic E-state index is 12.0. The van der Waals surface area contributed by atoms with Crippen molar-refractivity contribution in [3.63, 3.8) is 0 Å². The minimum atomic E-state index is -4.31. The Labute approximate surface area is 102 Å². The average molecular weight is 278 g/mol. The number of halogens is 2. The highest BCUT2D eigenvalue weighted by Crippen LogP contribution is 2.32. The SMILES string of the molecule is O=[C]C(Cc1ccc(P(=O)(O)O)cc1)NC(F)F. The van der Waals surface area contributed by atoms with E-state index >= 15 is 0 Å². The smallest absolute Gasteiger partial charge is 0.321 e. The zero-order valence-electron chi connectivity index (χ0n) is 9.09. The lowest BCUT2D eigenvalue weighted by molar-refractivity contribution is 0.101. The van der Waals surface area contributed by atoms with E-state index in [9.17, 15) is 18.1 Å². The van der Waals surface area contributed by atoms with Gasteiger partial charge in [-0.3, -0.25) is 14.7 Å². The molecule has 1 unspecified atom stereocenters. The Hall–Kier alpha value is -1.14. The first-order valence-corrected chi connectivity index (χ1v) is 6.51. The van der Waals surface area contributed by atoms with Gasteiger partial charge in [-0.15, -0.1) is 0 Å². The monoisotopic (exact) mass is 278 g/mol. The van der Waals surface area contributed by atoms with E-state index in [1.54, 1.807) is 5.32 Å². The number of nitrogens with one attached hydrogen (secondary N) is 1. The summed E-state index contributed by atoms with van der Waals surface area (Å²) < 4.78 is 34.9. The van der Waals surface area contributed by atoms with Gasteiger partial charge in [0.25, 0.3) is 6.55 Å². The molecule has 1 atom stereocenters. The lowest BCUT2D eigenvalue weighted by atomic mass is 10.1. The van der Waals surface area contributed by atoms with Crippen LogP contribution in [0.3, 0.4) is 0 Å². The molecule has 0 bridgehead atoms. The first-order chi connectivity index (χ1) is 8.32. The van der Waals surface area contributed by atoms with Gasteiger partial charge in [0.05, 0.1) is 11.3 Å². The fraction of sp³-hybridized carbons (Fsp3) is 0.300. The van der Waals surface area contributed by atoms with Gasteiger partial charge >= 0.3 is 7.60 Å². The quantitative estimate of drug-likeness (QED) is 0.515. The lowest BCUT2D eigenvalue weighted by Gasteiger charge is -2.11. The van der Waals surface area contributed by atoms with E-state index in [0.29, 0.717) is 5.56 Å². The molecule has 3 N–H and O–H groups in total. The van der Waals surface area contributed by atoms with Crippen molar-refractivity contribution >= 4 is 19.2 Å². The van der Waals surface area contributed by atoms with Gasteiger partial charge in [0.2, 0.25) is 6.29 Å². The second-order valence-corrected chi connectivity index (χ2v) is 5.16. The Balaban J connectivity index is 2.74. The third-order valence-corrected chi connectivity index (χ3v) is 3.15. The van der Waals surface area contributed by atoms with Gasteiger partial charge in [-0.25, -0.2) is 0 Å². The van der Waals surface area contributed by atoms with Crippen LogP contribution in [0.4, 0.5) is 8.78 Å². The summed E-state index contributed by atoms with van der Waals surface area (Å²) in [5, 5.41) is 1.55. The molecular formula is C10H11F2NO4P. The average Bonchev–Trinajstić information content (AvgIpc) is 2.27. The molecule has 0 saturated carbocycles. The van der Waals surface area contributed by atoms with E-state index in [1.807, 2.05) is 0 Å². The highest BCUT2D eigenvalue weighted by Gasteiger charge is 2.18. The van der Waals surface area contributed by atoms with Crippen molar-refractivity contribution in [3.05, 3.63) is 29.8 Å². The Bertz CT molecular complexity index is 446. The number of hydrogen-bond donors (Lipinski definition) is 3. The highest BCUT2D eigenvalue weighted by atomic mass is 31.2. The summed E-state index contributed by atoms with van der Waals surface area (Å²) in [5.74, 6) is 0. The minimum Gasteiger partial charge on any atom is -0.321 e. The van der Waals surface area contributed by atoms with Gasteiger partial charge in [0.15, 0.2) is 0 Å². The van der Waals surface area contributed by atoms with Crippen LogP contribution in [0.2, 0.25) is 0 Å². The number of hydrogen-bond acceptors (Lipinski definition) is 3. The zero-order chi connectivity index (χ0) is 13.8. The molecule has 1 radical (unpaired) electrons. The molecule has 0 aliphatic carbocycles. The normalized spacial score (nSPS) is 13.6. The van der Waals surface area contributed by atoms with Crippen molar-refractivity contribution in [1.29, 1.82) is 0 Å². The fourth-order valence-electron chi connectivity index (χ4n) is 1.35. The standard InChI is InChI=1S/C10H11F2NO4P/c11-10(12)13-8(6-14)5-7-1-3-9(4-2-7)18(15,16)17/h1-4,8,10,13H,5H2,(H2,15,16,17). The van der Waals surface area contributed by atoms with Gasteiger partial charge in [-0.05, 0) is 24.1 Å². The molecule has 0 spiro atoms. The van der Waals surface area contributed by atoms with Crippen LogP contribution >= 0.6 is 7.60 Å². The van der Waals surface area contributed by atoms with Gasteiger partial charge in [-0.1, -0.05) is 12.1 Å². The summed E-state index contributed by atoms with van der Waals surface area (Å²) >= 11 is 0. The molecule has 1 aromatic carbocycles. The summed E-state index contributed by atoms with van der Waals surface area (Å²) in [7, 11) is -4.31. The third-order valence-electron chi connectivity index (χ3n) is 2.18. The van der Waals surface area contributed by atoms with Gasteiger partial charge in [0, 0.05) is 0 Å². The fourth-order valence-corrected chi connectivity index (χ4v) is 1.89. The molecule has 0 amide bonds. The summed E-state index contributed by atoms with van der Waals surface area (Å²) in [4.78, 5) is 28.2. The Morgan fingerprint density at radius 1 is 1.28 bits per heavy atom. The van der Waals surface area contributed by atoms with Crippen molar-refractivity contribution in [2.45, 2.75) is 19.0 Å². The zero-order valence-corrected chi connectivity index (χ0v) is 9.98. The molecular weight excluding hydrogens is 267 g/mol. The molecule has 0 aromatic heterocycles. The summed E-state index contributed by atoms with van der Waals surface area (Å²) in [6, 6.07) is 3.96. The Morgan fingerprint density at radius 2 is 1.83 bits per heavy atom. The maximum atomic E-state index is 12.0. The molecule has 0 fully saturated rings. The summed E-state index contributed by atoms with van der Waals surface area (Å²) in [6.45, 7) is -2.83. The first-order valence-electron chi connectivity index (χ1n) is 4.90. The van der Waals surface area contributed by atoms with E-state index in [2.05, 4.69) is 0 Å². The largest absolute Gasteiger partial charge is 0.356 e. The van der Waals surface area contributed by atoms with Crippen LogP contribution in [-0.4, -0.2) is 28.7 Å². The molecule has 1 rings (SSSR count). The lowest BCUT2D eigenvalue weighted by Crippen LogP contribution is -2.36. The highest BCUT2D eigenvalue weighted by molar-refractivity contribution is 7.60. The van der Waals surface area contributed by atoms with Crippen LogP contribution in [-0.2, 0) is 15.8 Å². The van der Waals surface area contributed by atoms with Crippen molar-refractivity contribution in [2.75, 3.05) is 0 Å². The molecule has 0 aliphatic heterocycles. The second-order valence-electron chi connectivity index (χ2n) is 3.55. The van der Waals surface area contributed by atoms with Gasteiger partial charge in [-0.2, -0.15) is 8.78 Å². The predicted octanol–water partition coefficient (Wildman–Crippen LogP) is 0.323. The van der Waals surface area contributed by atoms with Crippen LogP contribution in [0.15, 0.2) is 24.3 Å². The van der Waals surface area contributed by atoms with Crippen molar-refractivity contribution in [2.24, 2.45) is 0 Å². The first kappa shape index (κ1) is 14.9. The number of carbonyl (C=O) groups excluding carboxylic acids is 1. The van der Waals surface area contributed by atoms with Crippen LogP contribution < -0.4 is 10.6 Å². The maximum Gasteiger partial charge on any atom is 0.356 e. The number of rotatable bonds is 6. The third kappa shape index (κ3) is 4.62. The molecule has 18 heavy (non-hydrogen) atoms. The summed E-state index contributed by atoms with van der Waals surface area (Å²) in [6.07, 6.45) is 1.40. The molecule has 1 aromatic rings. The minimum absolute atomic E-state index is 0.0325. The van der Waals surface area contributed by atoms with E-state index in [-0.39, 0.29) is 11.7 Å². The number of alkyl halides is 2. The van der Waals surface area contributed by atoms with Crippen molar-refractivity contribution in [3.8, 4) is 0 Å². The molecule has 0 aliphatic rings. The van der Waals surface area contributed by atoms with Crippen LogP contribution in [0.1, 0.15) is 5.56 Å². The van der Waals surface area contributed by atoms with E-state index in [1.165, 1.54) is 30.6 Å². The molecule has 0 saturated heterocycles. The molecule has 5 nitrogen and oxygen atoms in total. The van der Waals surface area contributed by atoms with Gasteiger partial charge in [0.1, 0.15) is 0 Å². The van der Waals surface area contributed by atoms with E-state index in [4.69, 9.17) is 9.79 Å².